The molecule has 0 fully saturated rings. The fourth-order valence-electron chi connectivity index (χ4n) is 1.50. The second-order valence-electron chi connectivity index (χ2n) is 3.46. The van der Waals surface area contributed by atoms with E-state index in [2.05, 4.69) is 17.0 Å². The van der Waals surface area contributed by atoms with Crippen LogP contribution in [-0.4, -0.2) is 21.1 Å². The Morgan fingerprint density at radius 2 is 2.33 bits per heavy atom. The minimum atomic E-state index is 0.226. The number of fused-ring (bicyclic) bond motifs is 1. The first-order chi connectivity index (χ1) is 7.24. The number of rotatable bonds is 3. The topological polar surface area (TPSA) is 56.2 Å². The smallest absolute Gasteiger partial charge is 0.156 e. The summed E-state index contributed by atoms with van der Waals surface area (Å²) in [5.41, 5.74) is 6.46. The van der Waals surface area contributed by atoms with Crippen LogP contribution in [0.1, 0.15) is 25.1 Å². The van der Waals surface area contributed by atoms with Crippen molar-refractivity contribution in [1.82, 2.24) is 14.6 Å². The van der Waals surface area contributed by atoms with Gasteiger partial charge >= 0.3 is 0 Å². The van der Waals surface area contributed by atoms with E-state index >= 15 is 0 Å². The van der Waals surface area contributed by atoms with E-state index in [4.69, 9.17) is 17.3 Å². The molecule has 0 spiro atoms. The van der Waals surface area contributed by atoms with Crippen LogP contribution in [0.2, 0.25) is 5.02 Å². The summed E-state index contributed by atoms with van der Waals surface area (Å²) in [6.45, 7) is 2.65. The summed E-state index contributed by atoms with van der Waals surface area (Å²) in [6, 6.07) is 3.65. The zero-order valence-electron chi connectivity index (χ0n) is 8.52. The molecule has 2 rings (SSSR count). The van der Waals surface area contributed by atoms with Gasteiger partial charge in [0, 0.05) is 18.7 Å². The van der Waals surface area contributed by atoms with Gasteiger partial charge in [-0.25, -0.2) is 9.50 Å². The number of nitrogens with two attached hydrogens (primary N) is 1. The molecule has 2 heterocycles. The summed E-state index contributed by atoms with van der Waals surface area (Å²) in [5, 5.41) is 5.01. The van der Waals surface area contributed by atoms with Crippen LogP contribution in [0, 0.1) is 0 Å². The van der Waals surface area contributed by atoms with E-state index in [-0.39, 0.29) is 5.92 Å². The van der Waals surface area contributed by atoms with Crippen LogP contribution < -0.4 is 5.73 Å². The fourth-order valence-corrected chi connectivity index (χ4v) is 1.66. The first kappa shape index (κ1) is 10.4. The molecule has 15 heavy (non-hydrogen) atoms. The molecule has 2 aromatic rings. The number of halogens is 1. The maximum absolute atomic E-state index is 5.86. The molecule has 1 atom stereocenters. The van der Waals surface area contributed by atoms with Gasteiger partial charge in [0.2, 0.25) is 0 Å². The molecule has 0 amide bonds. The SMILES string of the molecule is CCC(CN)c1nc2ccc(Cl)cn2n1. The zero-order valence-corrected chi connectivity index (χ0v) is 9.28. The second-order valence-corrected chi connectivity index (χ2v) is 3.90. The van der Waals surface area contributed by atoms with Gasteiger partial charge in [-0.3, -0.25) is 0 Å². The van der Waals surface area contributed by atoms with Gasteiger partial charge in [0.15, 0.2) is 11.5 Å². The highest BCUT2D eigenvalue weighted by Crippen LogP contribution is 2.16. The third kappa shape index (κ3) is 1.96. The van der Waals surface area contributed by atoms with E-state index < -0.39 is 0 Å². The van der Waals surface area contributed by atoms with Crippen molar-refractivity contribution in [2.75, 3.05) is 6.54 Å². The molecule has 0 saturated heterocycles. The van der Waals surface area contributed by atoms with Gasteiger partial charge in [0.1, 0.15) is 0 Å². The minimum Gasteiger partial charge on any atom is -0.330 e. The van der Waals surface area contributed by atoms with Gasteiger partial charge in [0.05, 0.1) is 5.02 Å². The Balaban J connectivity index is 2.46. The van der Waals surface area contributed by atoms with Gasteiger partial charge in [-0.2, -0.15) is 5.10 Å². The number of hydrogen-bond acceptors (Lipinski definition) is 3. The highest BCUT2D eigenvalue weighted by atomic mass is 35.5. The largest absolute Gasteiger partial charge is 0.330 e. The lowest BCUT2D eigenvalue weighted by atomic mass is 10.1. The molecule has 5 heteroatoms. The summed E-state index contributed by atoms with van der Waals surface area (Å²) in [6.07, 6.45) is 2.69. The maximum atomic E-state index is 5.86. The van der Waals surface area contributed by atoms with Crippen molar-refractivity contribution in [1.29, 1.82) is 0 Å². The first-order valence-electron chi connectivity index (χ1n) is 4.96. The van der Waals surface area contributed by atoms with E-state index in [9.17, 15) is 0 Å². The van der Waals surface area contributed by atoms with E-state index in [1.54, 1.807) is 16.8 Å². The van der Waals surface area contributed by atoms with Gasteiger partial charge < -0.3 is 5.73 Å². The summed E-state index contributed by atoms with van der Waals surface area (Å²) in [7, 11) is 0. The standard InChI is InChI=1S/C10H13ClN4/c1-2-7(5-12)10-13-9-4-3-8(11)6-15(9)14-10/h3-4,6-7H,2,5,12H2,1H3. The summed E-state index contributed by atoms with van der Waals surface area (Å²) in [5.74, 6) is 1.02. The Kier molecular flexibility index (Phi) is 2.88. The van der Waals surface area contributed by atoms with Crippen molar-refractivity contribution in [3.05, 3.63) is 29.2 Å². The lowest BCUT2D eigenvalue weighted by Gasteiger charge is -2.05. The molecule has 4 nitrogen and oxygen atoms in total. The quantitative estimate of drug-likeness (QED) is 0.866. The van der Waals surface area contributed by atoms with Crippen LogP contribution in [0.3, 0.4) is 0 Å². The average Bonchev–Trinajstić information content (AvgIpc) is 2.62. The van der Waals surface area contributed by atoms with E-state index in [1.807, 2.05) is 6.07 Å². The predicted octanol–water partition coefficient (Wildman–Crippen LogP) is 1.83. The van der Waals surface area contributed by atoms with Crippen LogP contribution in [-0.2, 0) is 0 Å². The molecule has 2 N–H and O–H groups in total. The number of nitrogens with zero attached hydrogens (tertiary/aromatic N) is 3. The van der Waals surface area contributed by atoms with Crippen LogP contribution in [0.15, 0.2) is 18.3 Å². The Hall–Kier alpha value is -1.13. The Bertz CT molecular complexity index is 461. The summed E-state index contributed by atoms with van der Waals surface area (Å²) in [4.78, 5) is 4.41. The zero-order chi connectivity index (χ0) is 10.8. The third-order valence-electron chi connectivity index (χ3n) is 2.45. The van der Waals surface area contributed by atoms with Gasteiger partial charge in [-0.15, -0.1) is 0 Å². The predicted molar refractivity (Wildman–Crippen MR) is 60.1 cm³/mol. The lowest BCUT2D eigenvalue weighted by molar-refractivity contribution is 0.629. The third-order valence-corrected chi connectivity index (χ3v) is 2.68. The second kappa shape index (κ2) is 4.16. The first-order valence-corrected chi connectivity index (χ1v) is 5.34. The fraction of sp³-hybridized carbons (Fsp3) is 0.400. The van der Waals surface area contributed by atoms with Crippen LogP contribution in [0.5, 0.6) is 0 Å². The van der Waals surface area contributed by atoms with E-state index in [0.717, 1.165) is 17.9 Å². The van der Waals surface area contributed by atoms with E-state index in [1.165, 1.54) is 0 Å². The summed E-state index contributed by atoms with van der Waals surface area (Å²) < 4.78 is 1.69. The molecule has 2 aromatic heterocycles. The normalized spacial score (nSPS) is 13.3. The minimum absolute atomic E-state index is 0.226. The maximum Gasteiger partial charge on any atom is 0.156 e. The highest BCUT2D eigenvalue weighted by Gasteiger charge is 2.13. The molecule has 0 aliphatic rings. The molecule has 0 radical (unpaired) electrons. The Labute approximate surface area is 93.1 Å². The molecule has 1 unspecified atom stereocenters. The van der Waals surface area contributed by atoms with Crippen LogP contribution in [0.4, 0.5) is 0 Å². The molecule has 0 aliphatic heterocycles. The van der Waals surface area contributed by atoms with Crippen LogP contribution in [0.25, 0.3) is 5.65 Å². The van der Waals surface area contributed by atoms with Crippen LogP contribution >= 0.6 is 11.6 Å². The van der Waals surface area contributed by atoms with Crippen molar-refractivity contribution < 1.29 is 0 Å². The molecular formula is C10H13ClN4. The molecule has 0 aliphatic carbocycles. The molecule has 0 aromatic carbocycles. The van der Waals surface area contributed by atoms with Crippen molar-refractivity contribution >= 4 is 17.2 Å². The molecule has 80 valence electrons. The molecular weight excluding hydrogens is 212 g/mol. The average molecular weight is 225 g/mol. The summed E-state index contributed by atoms with van der Waals surface area (Å²) >= 11 is 5.86. The Morgan fingerprint density at radius 3 is 3.00 bits per heavy atom. The number of pyridine rings is 1. The Morgan fingerprint density at radius 1 is 1.53 bits per heavy atom. The molecule has 0 saturated carbocycles. The van der Waals surface area contributed by atoms with Gasteiger partial charge in [-0.1, -0.05) is 18.5 Å². The van der Waals surface area contributed by atoms with Crippen molar-refractivity contribution in [2.24, 2.45) is 5.73 Å². The van der Waals surface area contributed by atoms with Crippen molar-refractivity contribution in [3.8, 4) is 0 Å². The lowest BCUT2D eigenvalue weighted by Crippen LogP contribution is -2.13. The highest BCUT2D eigenvalue weighted by molar-refractivity contribution is 6.30. The van der Waals surface area contributed by atoms with Gasteiger partial charge in [-0.05, 0) is 18.6 Å². The monoisotopic (exact) mass is 224 g/mol. The number of hydrogen-bond donors (Lipinski definition) is 1. The van der Waals surface area contributed by atoms with Gasteiger partial charge in [0.25, 0.3) is 0 Å². The van der Waals surface area contributed by atoms with Crippen molar-refractivity contribution in [3.63, 3.8) is 0 Å². The number of aromatic nitrogens is 3. The van der Waals surface area contributed by atoms with E-state index in [0.29, 0.717) is 11.6 Å². The molecule has 0 bridgehead atoms. The van der Waals surface area contributed by atoms with Crippen molar-refractivity contribution in [2.45, 2.75) is 19.3 Å².